The number of carbonyl (C=O) groups is 1. The molecule has 0 N–H and O–H groups in total. The molecule has 2 rings (SSSR count). The Morgan fingerprint density at radius 2 is 2.19 bits per heavy atom. The molecule has 92 valence electrons. The Kier molecular flexibility index (Phi) is 4.53. The molecule has 0 spiro atoms. The molecule has 1 aliphatic carbocycles. The van der Waals surface area contributed by atoms with Gasteiger partial charge in [0.1, 0.15) is 5.78 Å². The van der Waals surface area contributed by atoms with Crippen molar-refractivity contribution >= 4 is 16.6 Å². The second-order valence-corrected chi connectivity index (χ2v) is 6.41. The van der Waals surface area contributed by atoms with Gasteiger partial charge in [-0.1, -0.05) is 0 Å². The van der Waals surface area contributed by atoms with E-state index in [1.54, 1.807) is 0 Å². The Hall–Kier alpha value is -0.220. The minimum absolute atomic E-state index is 0.202. The standard InChI is InChI=1S/C12H20O3S/c13-12-5-1-3-10(12)6-8-16(14)9-11-4-2-7-15-11/h10-11H,1-9H2. The van der Waals surface area contributed by atoms with Gasteiger partial charge in [0.25, 0.3) is 0 Å². The molecule has 16 heavy (non-hydrogen) atoms. The lowest BCUT2D eigenvalue weighted by Crippen LogP contribution is -2.19. The first-order valence-corrected chi connectivity index (χ1v) is 7.74. The van der Waals surface area contributed by atoms with Crippen LogP contribution < -0.4 is 0 Å². The highest BCUT2D eigenvalue weighted by Gasteiger charge is 2.25. The molecule has 1 saturated heterocycles. The summed E-state index contributed by atoms with van der Waals surface area (Å²) in [4.78, 5) is 11.4. The average molecular weight is 244 g/mol. The summed E-state index contributed by atoms with van der Waals surface area (Å²) in [5, 5.41) is 0. The lowest BCUT2D eigenvalue weighted by Gasteiger charge is -2.10. The minimum Gasteiger partial charge on any atom is -0.377 e. The van der Waals surface area contributed by atoms with Gasteiger partial charge in [-0.05, 0) is 32.1 Å². The topological polar surface area (TPSA) is 43.4 Å². The van der Waals surface area contributed by atoms with Crippen LogP contribution in [0.15, 0.2) is 0 Å². The van der Waals surface area contributed by atoms with Gasteiger partial charge in [-0.3, -0.25) is 9.00 Å². The lowest BCUT2D eigenvalue weighted by atomic mass is 10.1. The van der Waals surface area contributed by atoms with Gasteiger partial charge in [0, 0.05) is 41.3 Å². The third-order valence-electron chi connectivity index (χ3n) is 3.52. The Morgan fingerprint density at radius 1 is 1.31 bits per heavy atom. The first kappa shape index (κ1) is 12.2. The SMILES string of the molecule is O=C1CCCC1CCS(=O)CC1CCCO1. The molecule has 4 heteroatoms. The molecule has 0 aromatic heterocycles. The van der Waals surface area contributed by atoms with Crippen LogP contribution in [0.1, 0.15) is 38.5 Å². The zero-order chi connectivity index (χ0) is 11.4. The summed E-state index contributed by atoms with van der Waals surface area (Å²) in [6.07, 6.45) is 5.95. The molecule has 0 aromatic carbocycles. The highest BCUT2D eigenvalue weighted by atomic mass is 32.2. The zero-order valence-corrected chi connectivity index (χ0v) is 10.5. The highest BCUT2D eigenvalue weighted by Crippen LogP contribution is 2.24. The number of hydrogen-bond acceptors (Lipinski definition) is 3. The number of hydrogen-bond donors (Lipinski definition) is 0. The third kappa shape index (κ3) is 3.39. The fourth-order valence-electron chi connectivity index (χ4n) is 2.53. The van der Waals surface area contributed by atoms with Gasteiger partial charge in [0.05, 0.1) is 6.10 Å². The van der Waals surface area contributed by atoms with Gasteiger partial charge in [-0.15, -0.1) is 0 Å². The van der Waals surface area contributed by atoms with Crippen molar-refractivity contribution < 1.29 is 13.7 Å². The van der Waals surface area contributed by atoms with Crippen molar-refractivity contribution in [2.75, 3.05) is 18.1 Å². The fourth-order valence-corrected chi connectivity index (χ4v) is 3.92. The molecule has 2 aliphatic rings. The quantitative estimate of drug-likeness (QED) is 0.739. The predicted octanol–water partition coefficient (Wildman–Crippen LogP) is 1.67. The van der Waals surface area contributed by atoms with Crippen LogP contribution in [0.3, 0.4) is 0 Å². The number of carbonyl (C=O) groups excluding carboxylic acids is 1. The average Bonchev–Trinajstić information content (AvgIpc) is 2.87. The monoisotopic (exact) mass is 244 g/mol. The second-order valence-electron chi connectivity index (χ2n) is 4.79. The molecule has 0 amide bonds. The molecule has 1 saturated carbocycles. The maximum atomic E-state index is 11.8. The Balaban J connectivity index is 1.65. The maximum Gasteiger partial charge on any atom is 0.136 e. The van der Waals surface area contributed by atoms with Crippen molar-refractivity contribution in [1.82, 2.24) is 0 Å². The first-order chi connectivity index (χ1) is 7.75. The van der Waals surface area contributed by atoms with Gasteiger partial charge in [-0.2, -0.15) is 0 Å². The summed E-state index contributed by atoms with van der Waals surface area (Å²) >= 11 is 0. The van der Waals surface area contributed by atoms with Crippen molar-refractivity contribution in [3.05, 3.63) is 0 Å². The van der Waals surface area contributed by atoms with E-state index in [0.29, 0.717) is 17.3 Å². The van der Waals surface area contributed by atoms with Crippen LogP contribution >= 0.6 is 0 Å². The van der Waals surface area contributed by atoms with Gasteiger partial charge in [-0.25, -0.2) is 0 Å². The van der Waals surface area contributed by atoms with E-state index in [4.69, 9.17) is 4.74 Å². The van der Waals surface area contributed by atoms with Gasteiger partial charge in [0.2, 0.25) is 0 Å². The molecule has 3 atom stereocenters. The molecule has 0 radical (unpaired) electrons. The minimum atomic E-state index is -0.798. The number of ketones is 1. The summed E-state index contributed by atoms with van der Waals surface area (Å²) < 4.78 is 17.2. The Morgan fingerprint density at radius 3 is 2.81 bits per heavy atom. The largest absolute Gasteiger partial charge is 0.377 e. The number of Topliss-reactive ketones (excluding diaryl/α,β-unsaturated/α-hetero) is 1. The first-order valence-electron chi connectivity index (χ1n) is 6.25. The van der Waals surface area contributed by atoms with Crippen LogP contribution in [0.4, 0.5) is 0 Å². The van der Waals surface area contributed by atoms with Gasteiger partial charge >= 0.3 is 0 Å². The van der Waals surface area contributed by atoms with E-state index in [9.17, 15) is 9.00 Å². The third-order valence-corrected chi connectivity index (χ3v) is 4.96. The van der Waals surface area contributed by atoms with Crippen molar-refractivity contribution in [3.63, 3.8) is 0 Å². The summed E-state index contributed by atoms with van der Waals surface area (Å²) in [5.74, 6) is 1.93. The van der Waals surface area contributed by atoms with E-state index in [-0.39, 0.29) is 12.0 Å². The number of ether oxygens (including phenoxy) is 1. The molecule has 2 fully saturated rings. The van der Waals surface area contributed by atoms with Gasteiger partial charge < -0.3 is 4.74 Å². The fraction of sp³-hybridized carbons (Fsp3) is 0.917. The van der Waals surface area contributed by atoms with Gasteiger partial charge in [0.15, 0.2) is 0 Å². The molecule has 0 aromatic rings. The smallest absolute Gasteiger partial charge is 0.136 e. The summed E-state index contributed by atoms with van der Waals surface area (Å²) in [5.41, 5.74) is 0. The van der Waals surface area contributed by atoms with E-state index in [1.807, 2.05) is 0 Å². The van der Waals surface area contributed by atoms with Crippen molar-refractivity contribution in [2.24, 2.45) is 5.92 Å². The van der Waals surface area contributed by atoms with Crippen LogP contribution in [-0.4, -0.2) is 34.2 Å². The van der Waals surface area contributed by atoms with Crippen LogP contribution in [0.2, 0.25) is 0 Å². The van der Waals surface area contributed by atoms with E-state index in [0.717, 1.165) is 45.1 Å². The summed E-state index contributed by atoms with van der Waals surface area (Å²) in [7, 11) is -0.798. The summed E-state index contributed by atoms with van der Waals surface area (Å²) in [6.45, 7) is 0.822. The molecule has 1 aliphatic heterocycles. The Labute approximate surface area is 99.4 Å². The van der Waals surface area contributed by atoms with Crippen molar-refractivity contribution in [2.45, 2.75) is 44.6 Å². The second kappa shape index (κ2) is 5.92. The molecule has 3 nitrogen and oxygen atoms in total. The van der Waals surface area contributed by atoms with E-state index in [2.05, 4.69) is 0 Å². The predicted molar refractivity (Wildman–Crippen MR) is 63.8 cm³/mol. The molecular weight excluding hydrogens is 224 g/mol. The van der Waals surface area contributed by atoms with Crippen molar-refractivity contribution in [1.29, 1.82) is 0 Å². The van der Waals surface area contributed by atoms with Crippen LogP contribution in [0.5, 0.6) is 0 Å². The molecule has 3 unspecified atom stereocenters. The normalized spacial score (nSPS) is 32.1. The highest BCUT2D eigenvalue weighted by molar-refractivity contribution is 7.85. The van der Waals surface area contributed by atoms with Crippen molar-refractivity contribution in [3.8, 4) is 0 Å². The summed E-state index contributed by atoms with van der Waals surface area (Å²) in [6, 6.07) is 0. The van der Waals surface area contributed by atoms with Crippen LogP contribution in [-0.2, 0) is 20.3 Å². The maximum absolute atomic E-state index is 11.8. The van der Waals surface area contributed by atoms with Crippen LogP contribution in [0.25, 0.3) is 0 Å². The van der Waals surface area contributed by atoms with Crippen LogP contribution in [0, 0.1) is 5.92 Å². The van der Waals surface area contributed by atoms with E-state index < -0.39 is 10.8 Å². The Bertz CT molecular complexity index is 271. The molecular formula is C12H20O3S. The zero-order valence-electron chi connectivity index (χ0n) is 9.65. The van der Waals surface area contributed by atoms with E-state index >= 15 is 0 Å². The van der Waals surface area contributed by atoms with E-state index in [1.165, 1.54) is 0 Å². The lowest BCUT2D eigenvalue weighted by molar-refractivity contribution is -0.120. The molecule has 1 heterocycles. The molecule has 0 bridgehead atoms. The number of rotatable bonds is 5.